The molecule has 1 rings (SSSR count). The van der Waals surface area contributed by atoms with Crippen molar-refractivity contribution in [3.63, 3.8) is 0 Å². The molecule has 1 aromatic heterocycles. The average molecular weight is 181 g/mol. The van der Waals surface area contributed by atoms with Gasteiger partial charge in [0.05, 0.1) is 0 Å². The minimum atomic E-state index is -1.01. The number of aromatic amines is 1. The van der Waals surface area contributed by atoms with Crippen LogP contribution in [0.15, 0.2) is 0 Å². The van der Waals surface area contributed by atoms with E-state index in [-0.39, 0.29) is 35.4 Å². The molecule has 1 heterocycles. The van der Waals surface area contributed by atoms with Gasteiger partial charge < -0.3 is 0 Å². The Morgan fingerprint density at radius 2 is 2.33 bits per heavy atom. The first-order chi connectivity index (χ1) is 5.20. The van der Waals surface area contributed by atoms with Gasteiger partial charge in [0.25, 0.3) is 5.82 Å². The summed E-state index contributed by atoms with van der Waals surface area (Å²) in [6.45, 7) is 0. The van der Waals surface area contributed by atoms with Gasteiger partial charge in [0.1, 0.15) is 0 Å². The minimum absolute atomic E-state index is 0. The maximum Gasteiger partial charge on any atom is 0.351 e. The van der Waals surface area contributed by atoms with Crippen LogP contribution in [0.3, 0.4) is 0 Å². The third-order valence-corrected chi connectivity index (χ3v) is 0.741. The van der Waals surface area contributed by atoms with Crippen LogP contribution in [0.1, 0.15) is 10.6 Å². The van der Waals surface area contributed by atoms with Crippen molar-refractivity contribution in [3.8, 4) is 0 Å². The molecule has 0 bridgehead atoms. The zero-order chi connectivity index (χ0) is 8.27. The summed E-state index contributed by atoms with van der Waals surface area (Å²) >= 11 is 0. The Morgan fingerprint density at radius 1 is 1.67 bits per heavy atom. The summed E-state index contributed by atoms with van der Waals surface area (Å²) in [6.07, 6.45) is 0. The molecule has 0 atom stereocenters. The van der Waals surface area contributed by atoms with Crippen molar-refractivity contribution >= 4 is 35.5 Å². The predicted octanol–water partition coefficient (Wildman–Crippen LogP) is -2.26. The Bertz CT molecular complexity index is 270. The number of carbonyl (C=O) groups excluding carboxylic acids is 1. The summed E-state index contributed by atoms with van der Waals surface area (Å²) in [5, 5.41) is 20.1. The van der Waals surface area contributed by atoms with Gasteiger partial charge in [-0.25, -0.2) is 10.1 Å². The van der Waals surface area contributed by atoms with Crippen LogP contribution in [0.25, 0.3) is 0 Å². The van der Waals surface area contributed by atoms with Gasteiger partial charge in [-0.05, 0) is 5.21 Å². The number of rotatable bonds is 2. The number of nitrogens with zero attached hydrogens (tertiary/aromatic N) is 4. The van der Waals surface area contributed by atoms with Crippen LogP contribution in [-0.4, -0.2) is 61.1 Å². The number of tetrazole rings is 1. The fraction of sp³-hybridized carbons (Fsp3) is 0. The molecule has 0 spiro atoms. The molecule has 0 unspecified atom stereocenters. The fourth-order valence-electron chi connectivity index (χ4n) is 0.391. The van der Waals surface area contributed by atoms with Crippen LogP contribution in [-0.2, 0) is 0 Å². The number of nitro groups is 1. The normalized spacial score (nSPS) is 8.33. The van der Waals surface area contributed by atoms with Gasteiger partial charge >= 0.3 is 5.91 Å². The molecule has 1 amide bonds. The van der Waals surface area contributed by atoms with Crippen molar-refractivity contribution in [2.24, 2.45) is 0 Å². The smallest absolute Gasteiger partial charge is 0.259 e. The molecule has 2 N–H and O–H groups in total. The van der Waals surface area contributed by atoms with Gasteiger partial charge in [-0.15, -0.1) is 10.2 Å². The SMILES string of the molecule is O=C(N[N+](=O)[O-])c1nn[nH]n1.[Na]. The largest absolute Gasteiger partial charge is 0.351 e. The summed E-state index contributed by atoms with van der Waals surface area (Å²) in [5.74, 6) is -1.38. The van der Waals surface area contributed by atoms with Crippen molar-refractivity contribution < 1.29 is 9.83 Å². The number of hydrazine groups is 1. The second-order valence-corrected chi connectivity index (χ2v) is 1.43. The first-order valence-electron chi connectivity index (χ1n) is 2.39. The molecule has 0 saturated heterocycles. The average Bonchev–Trinajstić information content (AvgIpc) is 2.35. The molecule has 9 nitrogen and oxygen atoms in total. The van der Waals surface area contributed by atoms with E-state index in [0.29, 0.717) is 0 Å². The van der Waals surface area contributed by atoms with E-state index >= 15 is 0 Å². The standard InChI is InChI=1S/C2H2N6O3.Na/c9-2(5-8(10)11)1-3-6-7-4-1;/h(H,5,9)(H,3,4,6,7);. The molecule has 1 radical (unpaired) electrons. The number of nitrogens with one attached hydrogen (secondary N) is 2. The van der Waals surface area contributed by atoms with Crippen molar-refractivity contribution in [1.82, 2.24) is 26.0 Å². The van der Waals surface area contributed by atoms with Gasteiger partial charge in [-0.1, -0.05) is 5.43 Å². The summed E-state index contributed by atoms with van der Waals surface area (Å²) < 4.78 is 0. The van der Waals surface area contributed by atoms with E-state index in [4.69, 9.17) is 0 Å². The molecule has 59 valence electrons. The maximum absolute atomic E-state index is 10.6. The third kappa shape index (κ3) is 2.90. The van der Waals surface area contributed by atoms with Crippen LogP contribution in [0, 0.1) is 10.1 Å². The predicted molar refractivity (Wildman–Crippen MR) is 34.4 cm³/mol. The Morgan fingerprint density at radius 3 is 2.75 bits per heavy atom. The van der Waals surface area contributed by atoms with Crippen LogP contribution < -0.4 is 5.43 Å². The van der Waals surface area contributed by atoms with Crippen molar-refractivity contribution in [3.05, 3.63) is 15.9 Å². The van der Waals surface area contributed by atoms with Crippen LogP contribution in [0.2, 0.25) is 0 Å². The van der Waals surface area contributed by atoms with Crippen molar-refractivity contribution in [2.75, 3.05) is 0 Å². The number of carbonyl (C=O) groups is 1. The van der Waals surface area contributed by atoms with Crippen LogP contribution in [0.4, 0.5) is 0 Å². The van der Waals surface area contributed by atoms with Gasteiger partial charge in [-0.2, -0.15) is 5.21 Å². The molecular weight excluding hydrogens is 179 g/mol. The number of hydrogen-bond acceptors (Lipinski definition) is 6. The Labute approximate surface area is 87.3 Å². The molecule has 0 aromatic carbocycles. The van der Waals surface area contributed by atoms with Crippen molar-refractivity contribution in [1.29, 1.82) is 0 Å². The van der Waals surface area contributed by atoms with E-state index in [0.717, 1.165) is 0 Å². The zero-order valence-corrected chi connectivity index (χ0v) is 8.01. The first kappa shape index (κ1) is 10.9. The second kappa shape index (κ2) is 4.74. The zero-order valence-electron chi connectivity index (χ0n) is 6.01. The van der Waals surface area contributed by atoms with Gasteiger partial charge in [0.15, 0.2) is 5.03 Å². The van der Waals surface area contributed by atoms with Crippen LogP contribution >= 0.6 is 0 Å². The third-order valence-electron chi connectivity index (χ3n) is 0.741. The summed E-state index contributed by atoms with van der Waals surface area (Å²) in [7, 11) is 0. The van der Waals surface area contributed by atoms with Gasteiger partial charge in [0.2, 0.25) is 0 Å². The van der Waals surface area contributed by atoms with E-state index in [1.165, 1.54) is 5.43 Å². The van der Waals surface area contributed by atoms with Crippen molar-refractivity contribution in [2.45, 2.75) is 0 Å². The topological polar surface area (TPSA) is 127 Å². The summed E-state index contributed by atoms with van der Waals surface area (Å²) in [4.78, 5) is 20.3. The molecule has 0 aliphatic carbocycles. The van der Waals surface area contributed by atoms with E-state index in [1.54, 1.807) is 0 Å². The molecule has 0 saturated carbocycles. The summed E-state index contributed by atoms with van der Waals surface area (Å²) in [6, 6.07) is 0. The monoisotopic (exact) mass is 181 g/mol. The maximum atomic E-state index is 10.6. The van der Waals surface area contributed by atoms with E-state index in [2.05, 4.69) is 15.4 Å². The number of hydrogen-bond donors (Lipinski definition) is 2. The first-order valence-corrected chi connectivity index (χ1v) is 2.39. The molecule has 0 aliphatic rings. The van der Waals surface area contributed by atoms with E-state index in [9.17, 15) is 14.9 Å². The van der Waals surface area contributed by atoms with Gasteiger partial charge in [0, 0.05) is 29.6 Å². The molecule has 12 heavy (non-hydrogen) atoms. The number of amides is 1. The molecule has 0 fully saturated rings. The number of aromatic nitrogens is 4. The second-order valence-electron chi connectivity index (χ2n) is 1.43. The van der Waals surface area contributed by atoms with Gasteiger partial charge in [-0.3, -0.25) is 4.79 Å². The molecular formula is C2H2N6NaO3. The van der Waals surface area contributed by atoms with Crippen LogP contribution in [0.5, 0.6) is 0 Å². The quantitative estimate of drug-likeness (QED) is 0.301. The molecule has 10 heteroatoms. The Balaban J connectivity index is 0.00000121. The fourth-order valence-corrected chi connectivity index (χ4v) is 0.391. The Hall–Kier alpha value is -1.06. The van der Waals surface area contributed by atoms with E-state index in [1.807, 2.05) is 5.21 Å². The van der Waals surface area contributed by atoms with E-state index < -0.39 is 10.9 Å². The minimum Gasteiger partial charge on any atom is -0.259 e. The number of H-pyrrole nitrogens is 1. The Kier molecular flexibility index (Phi) is 4.33. The molecule has 0 aliphatic heterocycles. The summed E-state index contributed by atoms with van der Waals surface area (Å²) in [5.41, 5.74) is 1.34. The molecule has 1 aromatic rings.